The minimum Gasteiger partial charge on any atom is -0.343 e. The Morgan fingerprint density at radius 3 is 2.54 bits per heavy atom. The van der Waals surface area contributed by atoms with Gasteiger partial charge in [-0.3, -0.25) is 9.78 Å². The lowest BCUT2D eigenvalue weighted by Crippen LogP contribution is -2.35. The first kappa shape index (κ1) is 16.5. The fraction of sp³-hybridized carbons (Fsp3) is 0.217. The largest absolute Gasteiger partial charge is 0.343 e. The molecule has 26 heavy (non-hydrogen) atoms. The lowest BCUT2D eigenvalue weighted by Gasteiger charge is -2.27. The van der Waals surface area contributed by atoms with Crippen LogP contribution in [0.1, 0.15) is 47.2 Å². The smallest absolute Gasteiger partial charge is 0.228 e. The van der Waals surface area contributed by atoms with E-state index in [1.165, 1.54) is 11.1 Å². The van der Waals surface area contributed by atoms with Crippen LogP contribution in [0.3, 0.4) is 0 Å². The second-order valence-corrected chi connectivity index (χ2v) is 6.75. The normalized spacial score (nSPS) is 17.2. The first-order chi connectivity index (χ1) is 12.8. The molecule has 2 unspecified atom stereocenters. The van der Waals surface area contributed by atoms with Crippen molar-refractivity contribution in [2.75, 3.05) is 0 Å². The van der Waals surface area contributed by atoms with Crippen LogP contribution in [0.15, 0.2) is 79.0 Å². The quantitative estimate of drug-likeness (QED) is 0.763. The summed E-state index contributed by atoms with van der Waals surface area (Å²) >= 11 is 0. The number of aromatic nitrogens is 1. The topological polar surface area (TPSA) is 42.0 Å². The predicted molar refractivity (Wildman–Crippen MR) is 103 cm³/mol. The fourth-order valence-electron chi connectivity index (χ4n) is 3.79. The van der Waals surface area contributed by atoms with Crippen molar-refractivity contribution in [2.24, 2.45) is 0 Å². The van der Waals surface area contributed by atoms with E-state index in [0.29, 0.717) is 0 Å². The molecule has 1 heterocycles. The number of nitrogens with zero attached hydrogens (tertiary/aromatic N) is 1. The molecule has 3 nitrogen and oxygen atoms in total. The molecule has 2 atom stereocenters. The molecule has 3 heteroatoms. The lowest BCUT2D eigenvalue weighted by molar-refractivity contribution is -0.123. The van der Waals surface area contributed by atoms with Gasteiger partial charge in [0.1, 0.15) is 0 Å². The van der Waals surface area contributed by atoms with Crippen LogP contribution >= 0.6 is 0 Å². The number of hydrogen-bond donors (Lipinski definition) is 1. The van der Waals surface area contributed by atoms with E-state index < -0.39 is 0 Å². The third kappa shape index (κ3) is 3.38. The first-order valence-corrected chi connectivity index (χ1v) is 9.17. The maximum atomic E-state index is 13.2. The first-order valence-electron chi connectivity index (χ1n) is 9.17. The van der Waals surface area contributed by atoms with Gasteiger partial charge in [0.2, 0.25) is 5.91 Å². The number of carbonyl (C=O) groups is 1. The Hall–Kier alpha value is -2.94. The summed E-state index contributed by atoms with van der Waals surface area (Å²) in [5, 5.41) is 3.26. The molecule has 0 fully saturated rings. The fourth-order valence-corrected chi connectivity index (χ4v) is 3.79. The van der Waals surface area contributed by atoms with Gasteiger partial charge >= 0.3 is 0 Å². The zero-order valence-corrected chi connectivity index (χ0v) is 14.6. The Morgan fingerprint density at radius 2 is 1.73 bits per heavy atom. The molecule has 2 aromatic carbocycles. The van der Waals surface area contributed by atoms with Gasteiger partial charge in [0.15, 0.2) is 0 Å². The van der Waals surface area contributed by atoms with Gasteiger partial charge in [-0.1, -0.05) is 60.7 Å². The highest BCUT2D eigenvalue weighted by molar-refractivity contribution is 5.85. The Morgan fingerprint density at radius 1 is 0.962 bits per heavy atom. The van der Waals surface area contributed by atoms with E-state index >= 15 is 0 Å². The van der Waals surface area contributed by atoms with Gasteiger partial charge in [0, 0.05) is 6.20 Å². The number of aryl methyl sites for hydroxylation is 1. The molecule has 1 aliphatic rings. The van der Waals surface area contributed by atoms with E-state index in [0.717, 1.165) is 30.5 Å². The molecule has 3 aromatic rings. The average Bonchev–Trinajstić information content (AvgIpc) is 2.72. The number of carbonyl (C=O) groups excluding carboxylic acids is 1. The third-order valence-corrected chi connectivity index (χ3v) is 5.09. The minimum absolute atomic E-state index is 0.0802. The molecule has 0 spiro atoms. The highest BCUT2D eigenvalue weighted by Gasteiger charge is 2.28. The molecule has 4 rings (SSSR count). The Labute approximate surface area is 154 Å². The van der Waals surface area contributed by atoms with E-state index in [2.05, 4.69) is 28.5 Å². The third-order valence-electron chi connectivity index (χ3n) is 5.09. The van der Waals surface area contributed by atoms with Crippen molar-refractivity contribution in [3.8, 4) is 0 Å². The number of nitrogens with one attached hydrogen (secondary N) is 1. The number of rotatable bonds is 4. The van der Waals surface area contributed by atoms with Crippen LogP contribution in [0.4, 0.5) is 0 Å². The summed E-state index contributed by atoms with van der Waals surface area (Å²) in [5.74, 6) is -0.00784. The minimum atomic E-state index is -0.237. The van der Waals surface area contributed by atoms with Crippen molar-refractivity contribution in [2.45, 2.75) is 31.2 Å². The van der Waals surface area contributed by atoms with Crippen molar-refractivity contribution in [3.05, 3.63) is 101 Å². The summed E-state index contributed by atoms with van der Waals surface area (Å²) < 4.78 is 0. The molecule has 1 N–H and O–H groups in total. The molecule has 0 aliphatic heterocycles. The van der Waals surface area contributed by atoms with Crippen molar-refractivity contribution in [1.29, 1.82) is 0 Å². The van der Waals surface area contributed by atoms with E-state index in [1.807, 2.05) is 54.6 Å². The van der Waals surface area contributed by atoms with Gasteiger partial charge in [0.25, 0.3) is 0 Å². The summed E-state index contributed by atoms with van der Waals surface area (Å²) in [6.07, 6.45) is 4.77. The number of benzene rings is 2. The van der Waals surface area contributed by atoms with E-state index in [4.69, 9.17) is 0 Å². The number of fused-ring (bicyclic) bond motifs is 1. The lowest BCUT2D eigenvalue weighted by atomic mass is 9.82. The molecular formula is C23H22N2O. The van der Waals surface area contributed by atoms with Gasteiger partial charge in [-0.15, -0.1) is 0 Å². The Kier molecular flexibility index (Phi) is 4.78. The van der Waals surface area contributed by atoms with Crippen molar-refractivity contribution >= 4 is 5.91 Å². The van der Waals surface area contributed by atoms with Crippen LogP contribution < -0.4 is 5.32 Å². The summed E-state index contributed by atoms with van der Waals surface area (Å²) in [4.78, 5) is 17.7. The second-order valence-electron chi connectivity index (χ2n) is 6.75. The summed E-state index contributed by atoms with van der Waals surface area (Å²) in [5.41, 5.74) is 4.37. The van der Waals surface area contributed by atoms with Crippen LogP contribution in [-0.2, 0) is 11.2 Å². The second kappa shape index (κ2) is 7.52. The van der Waals surface area contributed by atoms with Crippen molar-refractivity contribution in [1.82, 2.24) is 10.3 Å². The van der Waals surface area contributed by atoms with Gasteiger partial charge in [0.05, 0.1) is 17.7 Å². The molecular weight excluding hydrogens is 320 g/mol. The molecule has 0 saturated carbocycles. The zero-order chi connectivity index (χ0) is 17.8. The molecule has 0 saturated heterocycles. The summed E-state index contributed by atoms with van der Waals surface area (Å²) in [6.45, 7) is 0. The number of hydrogen-bond acceptors (Lipinski definition) is 2. The van der Waals surface area contributed by atoms with Gasteiger partial charge in [-0.2, -0.15) is 0 Å². The van der Waals surface area contributed by atoms with Crippen molar-refractivity contribution < 1.29 is 4.79 Å². The maximum absolute atomic E-state index is 13.2. The molecule has 1 aromatic heterocycles. The summed E-state index contributed by atoms with van der Waals surface area (Å²) in [7, 11) is 0. The van der Waals surface area contributed by atoms with Crippen LogP contribution in [0.5, 0.6) is 0 Å². The van der Waals surface area contributed by atoms with Crippen LogP contribution in [-0.4, -0.2) is 10.9 Å². The molecule has 1 aliphatic carbocycles. The average molecular weight is 342 g/mol. The Balaban J connectivity index is 1.64. The number of amides is 1. The monoisotopic (exact) mass is 342 g/mol. The molecule has 0 radical (unpaired) electrons. The predicted octanol–water partition coefficient (Wildman–Crippen LogP) is 4.41. The van der Waals surface area contributed by atoms with Crippen LogP contribution in [0.2, 0.25) is 0 Å². The maximum Gasteiger partial charge on any atom is 0.228 e. The standard InChI is InChI=1S/C23H22N2O/c26-23(20-14-8-12-17-9-4-5-13-19(17)20)25-22(18-10-2-1-3-11-18)21-15-6-7-16-24-21/h1-7,9-11,13,15-16,20,22H,8,12,14H2,(H,25,26). The highest BCUT2D eigenvalue weighted by Crippen LogP contribution is 2.32. The molecule has 1 amide bonds. The molecule has 130 valence electrons. The number of pyridine rings is 1. The van der Waals surface area contributed by atoms with Crippen LogP contribution in [0, 0.1) is 0 Å². The highest BCUT2D eigenvalue weighted by atomic mass is 16.1. The Bertz CT molecular complexity index is 837. The molecule has 0 bridgehead atoms. The van der Waals surface area contributed by atoms with E-state index in [-0.39, 0.29) is 17.9 Å². The SMILES string of the molecule is O=C(NC(c1ccccc1)c1ccccn1)C1CCCc2ccccc21. The summed E-state index contributed by atoms with van der Waals surface area (Å²) in [6, 6.07) is 23.9. The zero-order valence-electron chi connectivity index (χ0n) is 14.6. The van der Waals surface area contributed by atoms with E-state index in [9.17, 15) is 4.79 Å². The van der Waals surface area contributed by atoms with Gasteiger partial charge in [-0.25, -0.2) is 0 Å². The van der Waals surface area contributed by atoms with Gasteiger partial charge in [-0.05, 0) is 48.1 Å². The van der Waals surface area contributed by atoms with Gasteiger partial charge < -0.3 is 5.32 Å². The van der Waals surface area contributed by atoms with Crippen molar-refractivity contribution in [3.63, 3.8) is 0 Å². The van der Waals surface area contributed by atoms with E-state index in [1.54, 1.807) is 6.20 Å². The van der Waals surface area contributed by atoms with Crippen LogP contribution in [0.25, 0.3) is 0 Å².